The first kappa shape index (κ1) is 20.0. The van der Waals surface area contributed by atoms with Crippen molar-refractivity contribution in [3.8, 4) is 0 Å². The topological polar surface area (TPSA) is 49.4 Å². The molecule has 0 radical (unpaired) electrons. The third-order valence-corrected chi connectivity index (χ3v) is 5.80. The van der Waals surface area contributed by atoms with E-state index in [2.05, 4.69) is 5.32 Å². The van der Waals surface area contributed by atoms with Crippen LogP contribution in [0.15, 0.2) is 66.7 Å². The van der Waals surface area contributed by atoms with Crippen LogP contribution in [0.4, 0.5) is 24.5 Å². The highest BCUT2D eigenvalue weighted by Gasteiger charge is 2.36. The minimum Gasteiger partial charge on any atom is -0.322 e. The van der Waals surface area contributed by atoms with Crippen molar-refractivity contribution in [2.45, 2.75) is 5.37 Å². The van der Waals surface area contributed by atoms with E-state index in [1.165, 1.54) is 34.9 Å². The second-order valence-electron chi connectivity index (χ2n) is 6.58. The van der Waals surface area contributed by atoms with Crippen molar-refractivity contribution >= 4 is 35.0 Å². The Labute approximate surface area is 174 Å². The van der Waals surface area contributed by atoms with Crippen molar-refractivity contribution in [1.82, 2.24) is 0 Å². The van der Waals surface area contributed by atoms with Crippen molar-refractivity contribution in [1.29, 1.82) is 0 Å². The molecule has 0 spiro atoms. The molecule has 1 saturated heterocycles. The van der Waals surface area contributed by atoms with E-state index in [0.29, 0.717) is 11.3 Å². The van der Waals surface area contributed by atoms with Crippen molar-refractivity contribution < 1.29 is 22.8 Å². The highest BCUT2D eigenvalue weighted by Crippen LogP contribution is 2.43. The second-order valence-corrected chi connectivity index (χ2v) is 7.65. The maximum absolute atomic E-state index is 14.3. The van der Waals surface area contributed by atoms with Crippen LogP contribution in [-0.4, -0.2) is 17.6 Å². The zero-order valence-electron chi connectivity index (χ0n) is 15.4. The van der Waals surface area contributed by atoms with Gasteiger partial charge in [0.15, 0.2) is 0 Å². The van der Waals surface area contributed by atoms with E-state index >= 15 is 0 Å². The van der Waals surface area contributed by atoms with Gasteiger partial charge in [-0.25, -0.2) is 13.2 Å². The summed E-state index contributed by atoms with van der Waals surface area (Å²) in [6, 6.07) is 15.2. The molecule has 0 bridgehead atoms. The highest BCUT2D eigenvalue weighted by atomic mass is 32.2. The van der Waals surface area contributed by atoms with Gasteiger partial charge >= 0.3 is 0 Å². The van der Waals surface area contributed by atoms with Gasteiger partial charge in [-0.15, -0.1) is 11.8 Å². The van der Waals surface area contributed by atoms with Crippen LogP contribution in [0.25, 0.3) is 0 Å². The molecule has 1 aliphatic rings. The molecule has 3 aromatic carbocycles. The molecule has 2 amide bonds. The van der Waals surface area contributed by atoms with Crippen LogP contribution in [0.2, 0.25) is 0 Å². The number of rotatable bonds is 4. The third kappa shape index (κ3) is 3.91. The summed E-state index contributed by atoms with van der Waals surface area (Å²) in [7, 11) is 0. The minimum atomic E-state index is -0.707. The van der Waals surface area contributed by atoms with Gasteiger partial charge in [0.25, 0.3) is 5.91 Å². The number of amides is 2. The summed E-state index contributed by atoms with van der Waals surface area (Å²) in [6.07, 6.45) is 0. The van der Waals surface area contributed by atoms with Crippen LogP contribution in [0.3, 0.4) is 0 Å². The maximum Gasteiger partial charge on any atom is 0.258 e. The second kappa shape index (κ2) is 8.23. The molecular weight excluding hydrogens is 413 g/mol. The molecule has 0 aliphatic carbocycles. The largest absolute Gasteiger partial charge is 0.322 e. The Balaban J connectivity index is 1.63. The van der Waals surface area contributed by atoms with E-state index in [9.17, 15) is 22.8 Å². The molecule has 4 rings (SSSR count). The molecule has 8 heteroatoms. The summed E-state index contributed by atoms with van der Waals surface area (Å²) in [5.74, 6) is -2.87. The minimum absolute atomic E-state index is 0.100. The number of halogens is 3. The van der Waals surface area contributed by atoms with E-state index in [0.717, 1.165) is 18.2 Å². The zero-order valence-corrected chi connectivity index (χ0v) is 16.3. The maximum atomic E-state index is 14.3. The van der Waals surface area contributed by atoms with E-state index in [1.807, 2.05) is 0 Å². The summed E-state index contributed by atoms with van der Waals surface area (Å²) >= 11 is 1.26. The van der Waals surface area contributed by atoms with Gasteiger partial charge in [0.1, 0.15) is 22.8 Å². The van der Waals surface area contributed by atoms with Crippen LogP contribution < -0.4 is 10.2 Å². The van der Waals surface area contributed by atoms with E-state index in [4.69, 9.17) is 0 Å². The molecular formula is C22H15F3N2O2S. The highest BCUT2D eigenvalue weighted by molar-refractivity contribution is 8.00. The number of carbonyl (C=O) groups excluding carboxylic acids is 2. The number of anilines is 2. The van der Waals surface area contributed by atoms with Gasteiger partial charge in [0, 0.05) is 11.8 Å². The lowest BCUT2D eigenvalue weighted by atomic mass is 10.1. The fourth-order valence-corrected chi connectivity index (χ4v) is 4.37. The Kier molecular flexibility index (Phi) is 5.50. The Bertz CT molecular complexity index is 1140. The number of carbonyl (C=O) groups is 2. The predicted molar refractivity (Wildman–Crippen MR) is 110 cm³/mol. The van der Waals surface area contributed by atoms with Crippen LogP contribution in [0.5, 0.6) is 0 Å². The first-order valence-electron chi connectivity index (χ1n) is 8.98. The lowest BCUT2D eigenvalue weighted by molar-refractivity contribution is -0.115. The van der Waals surface area contributed by atoms with E-state index < -0.39 is 28.7 Å². The lowest BCUT2D eigenvalue weighted by Crippen LogP contribution is -2.29. The van der Waals surface area contributed by atoms with Gasteiger partial charge in [-0.1, -0.05) is 24.3 Å². The quantitative estimate of drug-likeness (QED) is 0.627. The lowest BCUT2D eigenvalue weighted by Gasteiger charge is -2.25. The van der Waals surface area contributed by atoms with Crippen molar-refractivity contribution in [3.05, 3.63) is 95.3 Å². The monoisotopic (exact) mass is 428 g/mol. The van der Waals surface area contributed by atoms with Gasteiger partial charge in [-0.2, -0.15) is 0 Å². The van der Waals surface area contributed by atoms with Crippen LogP contribution in [0.1, 0.15) is 21.3 Å². The predicted octanol–water partition coefficient (Wildman–Crippen LogP) is 5.13. The van der Waals surface area contributed by atoms with E-state index in [-0.39, 0.29) is 22.9 Å². The zero-order chi connectivity index (χ0) is 21.3. The SMILES string of the molecule is O=C(Nc1cccc(C2SCC(=O)N2c2cc(F)ccc2F)c1)c1ccccc1F. The fraction of sp³-hybridized carbons (Fsp3) is 0.0909. The molecule has 1 unspecified atom stereocenters. The molecule has 1 fully saturated rings. The number of benzene rings is 3. The van der Waals surface area contributed by atoms with Crippen molar-refractivity contribution in [3.63, 3.8) is 0 Å². The summed E-state index contributed by atoms with van der Waals surface area (Å²) < 4.78 is 41.8. The molecule has 1 N–H and O–H groups in total. The van der Waals surface area contributed by atoms with Crippen molar-refractivity contribution in [2.24, 2.45) is 0 Å². The number of hydrogen-bond donors (Lipinski definition) is 1. The van der Waals surface area contributed by atoms with Gasteiger partial charge in [0.05, 0.1) is 17.0 Å². The Morgan fingerprint density at radius 3 is 2.57 bits per heavy atom. The molecule has 3 aromatic rings. The smallest absolute Gasteiger partial charge is 0.258 e. The first-order chi connectivity index (χ1) is 14.4. The van der Waals surface area contributed by atoms with Crippen LogP contribution in [-0.2, 0) is 4.79 Å². The van der Waals surface area contributed by atoms with Gasteiger partial charge < -0.3 is 5.32 Å². The van der Waals surface area contributed by atoms with Crippen molar-refractivity contribution in [2.75, 3.05) is 16.0 Å². The van der Waals surface area contributed by atoms with Crippen LogP contribution >= 0.6 is 11.8 Å². The average molecular weight is 428 g/mol. The molecule has 0 saturated carbocycles. The Morgan fingerprint density at radius 2 is 1.77 bits per heavy atom. The standard InChI is InChI=1S/C22H15F3N2O2S/c23-14-8-9-18(25)19(11-14)27-20(28)12-30-22(27)13-4-3-5-15(10-13)26-21(29)16-6-1-2-7-17(16)24/h1-11,22H,12H2,(H,26,29). The number of hydrogen-bond acceptors (Lipinski definition) is 3. The van der Waals surface area contributed by atoms with Gasteiger partial charge in [-0.3, -0.25) is 14.5 Å². The molecule has 152 valence electrons. The molecule has 1 aliphatic heterocycles. The summed E-state index contributed by atoms with van der Waals surface area (Å²) in [4.78, 5) is 26.0. The number of nitrogens with zero attached hydrogens (tertiary/aromatic N) is 1. The molecule has 0 aromatic heterocycles. The molecule has 4 nitrogen and oxygen atoms in total. The number of nitrogens with one attached hydrogen (secondary N) is 1. The summed E-state index contributed by atoms with van der Waals surface area (Å²) in [6.45, 7) is 0. The van der Waals surface area contributed by atoms with Crippen LogP contribution in [0, 0.1) is 17.5 Å². The normalized spacial score (nSPS) is 16.0. The summed E-state index contributed by atoms with van der Waals surface area (Å²) in [5.41, 5.74) is 0.758. The Hall–Kier alpha value is -3.26. The van der Waals surface area contributed by atoms with Gasteiger partial charge in [0.2, 0.25) is 5.91 Å². The van der Waals surface area contributed by atoms with E-state index in [1.54, 1.807) is 30.3 Å². The molecule has 1 heterocycles. The average Bonchev–Trinajstić information content (AvgIpc) is 3.11. The summed E-state index contributed by atoms with van der Waals surface area (Å²) in [5, 5.41) is 2.03. The van der Waals surface area contributed by atoms with Gasteiger partial charge in [-0.05, 0) is 42.0 Å². The molecule has 30 heavy (non-hydrogen) atoms. The third-order valence-electron chi connectivity index (χ3n) is 4.58. The Morgan fingerprint density at radius 1 is 0.967 bits per heavy atom. The first-order valence-corrected chi connectivity index (χ1v) is 10.0. The number of thioether (sulfide) groups is 1. The molecule has 1 atom stereocenters. The fourth-order valence-electron chi connectivity index (χ4n) is 3.22.